The van der Waals surface area contributed by atoms with E-state index >= 15 is 0 Å². The fraction of sp³-hybridized carbons (Fsp3) is 0.0118. The smallest absolute Gasteiger partial charge is 0.0719 e. The molecule has 0 aliphatic heterocycles. The van der Waals surface area contributed by atoms with Crippen LogP contribution in [0.2, 0.25) is 0 Å². The molecule has 2 heterocycles. The average molecular weight is 1110 g/mol. The lowest BCUT2D eigenvalue weighted by molar-refractivity contribution is 0.770. The zero-order valence-electron chi connectivity index (χ0n) is 47.7. The monoisotopic (exact) mass is 1100 g/mol. The van der Waals surface area contributed by atoms with Crippen LogP contribution in [0.25, 0.3) is 133 Å². The van der Waals surface area contributed by atoms with Crippen LogP contribution in [0.4, 0.5) is 0 Å². The number of para-hydroxylation sites is 2. The van der Waals surface area contributed by atoms with Crippen molar-refractivity contribution in [3.63, 3.8) is 0 Å². The Kier molecular flexibility index (Phi) is 11.8. The van der Waals surface area contributed by atoms with Crippen LogP contribution < -0.4 is 0 Å². The van der Waals surface area contributed by atoms with Crippen molar-refractivity contribution in [1.82, 2.24) is 9.13 Å². The molecule has 2 aromatic heterocycles. The number of hydrogen-bond donors (Lipinski definition) is 0. The summed E-state index contributed by atoms with van der Waals surface area (Å²) in [7, 11) is 0. The van der Waals surface area contributed by atoms with Crippen LogP contribution in [-0.4, -0.2) is 9.13 Å². The molecule has 16 aromatic rings. The first kappa shape index (κ1) is 50.2. The Hall–Kier alpha value is -11.3. The van der Waals surface area contributed by atoms with Crippen molar-refractivity contribution in [1.29, 1.82) is 0 Å². The summed E-state index contributed by atoms with van der Waals surface area (Å²) in [5.74, 6) is 0. The summed E-state index contributed by atoms with van der Waals surface area (Å²) in [6.07, 6.45) is 0. The lowest BCUT2D eigenvalue weighted by Gasteiger charge is -2.35. The van der Waals surface area contributed by atoms with Gasteiger partial charge in [0.25, 0.3) is 0 Å². The minimum atomic E-state index is -0.481. The van der Waals surface area contributed by atoms with Crippen LogP contribution in [0, 0.1) is 0 Å². The lowest BCUT2D eigenvalue weighted by atomic mass is 9.66. The van der Waals surface area contributed by atoms with Gasteiger partial charge in [0.2, 0.25) is 0 Å². The normalized spacial score (nSPS) is 12.5. The molecule has 17 rings (SSSR count). The van der Waals surface area contributed by atoms with Crippen molar-refractivity contribution < 1.29 is 0 Å². The third-order valence-corrected chi connectivity index (χ3v) is 18.4. The zero-order valence-corrected chi connectivity index (χ0v) is 47.7. The highest BCUT2D eigenvalue weighted by Crippen LogP contribution is 2.58. The molecule has 0 amide bonds. The molecule has 406 valence electrons. The van der Waals surface area contributed by atoms with Crippen LogP contribution in [0.3, 0.4) is 0 Å². The summed E-state index contributed by atoms with van der Waals surface area (Å²) in [6, 6.07) is 125. The van der Waals surface area contributed by atoms with Crippen LogP contribution in [0.15, 0.2) is 340 Å². The Bertz CT molecular complexity index is 5250. The summed E-state index contributed by atoms with van der Waals surface area (Å²) < 4.78 is 4.82. The number of rotatable bonds is 10. The molecule has 14 aromatic carbocycles. The topological polar surface area (TPSA) is 9.86 Å². The maximum absolute atomic E-state index is 2.41. The largest absolute Gasteiger partial charge is 0.309 e. The predicted molar refractivity (Wildman–Crippen MR) is 365 cm³/mol. The first-order valence-corrected chi connectivity index (χ1v) is 30.1. The van der Waals surface area contributed by atoms with Gasteiger partial charge >= 0.3 is 0 Å². The highest BCUT2D eigenvalue weighted by atomic mass is 15.0. The van der Waals surface area contributed by atoms with E-state index < -0.39 is 5.41 Å². The molecule has 0 unspecified atom stereocenters. The van der Waals surface area contributed by atoms with Crippen molar-refractivity contribution in [2.24, 2.45) is 0 Å². The molecule has 0 radical (unpaired) electrons. The van der Waals surface area contributed by atoms with Gasteiger partial charge in [0.05, 0.1) is 27.5 Å². The van der Waals surface area contributed by atoms with E-state index in [0.717, 1.165) is 11.4 Å². The van der Waals surface area contributed by atoms with E-state index in [-0.39, 0.29) is 0 Å². The van der Waals surface area contributed by atoms with E-state index in [1.807, 2.05) is 0 Å². The van der Waals surface area contributed by atoms with E-state index in [2.05, 4.69) is 349 Å². The average Bonchev–Trinajstić information content (AvgIpc) is 1.66. The number of aromatic nitrogens is 2. The molecule has 0 saturated heterocycles. The quantitative estimate of drug-likeness (QED) is 0.129. The maximum atomic E-state index is 2.41. The van der Waals surface area contributed by atoms with Gasteiger partial charge in [0.15, 0.2) is 0 Å². The highest BCUT2D eigenvalue weighted by molar-refractivity contribution is 6.13. The van der Waals surface area contributed by atoms with Gasteiger partial charge in [-0.2, -0.15) is 0 Å². The Morgan fingerprint density at radius 3 is 1.08 bits per heavy atom. The van der Waals surface area contributed by atoms with Gasteiger partial charge in [-0.15, -0.1) is 0 Å². The van der Waals surface area contributed by atoms with Gasteiger partial charge in [-0.25, -0.2) is 0 Å². The second-order valence-corrected chi connectivity index (χ2v) is 23.1. The van der Waals surface area contributed by atoms with E-state index in [0.29, 0.717) is 0 Å². The van der Waals surface area contributed by atoms with Crippen molar-refractivity contribution in [3.8, 4) is 89.3 Å². The number of hydrogen-bond acceptors (Lipinski definition) is 0. The lowest BCUT2D eigenvalue weighted by Crippen LogP contribution is -2.29. The standard InChI is InChI=1S/C85H56N2/c1-3-19-57(20-4-1)64-22-18-26-70(54-64)87-82-36-16-11-31-75(82)77-56-66(48-52-84(77)87)65-47-51-83-76(55-65)74-30-10-15-35-81(74)86(83)69-49-45-61(46-50-69)60-39-37-58(38-40-60)59-41-43-62(44-42-59)63-21-17-23-67(53-63)71-27-7-12-32-78(71)85(68-24-5-2-6-25-68)79-33-13-8-28-72(79)73-29-9-14-34-80(73)85/h1-56H. The molecular weight excluding hydrogens is 1050 g/mol. The van der Waals surface area contributed by atoms with E-state index in [1.165, 1.54) is 144 Å². The molecule has 0 spiro atoms. The fourth-order valence-electron chi connectivity index (χ4n) is 14.4. The maximum Gasteiger partial charge on any atom is 0.0719 e. The SMILES string of the molecule is c1ccc(-c2cccc(-n3c4ccccc4c4cc(-c5ccc6c(c5)c5ccccc5n6-c5ccc(-c6ccc(-c7ccc(-c8cccc(-c9ccccc9C9(c%10ccccc%10)c%10ccccc%10-c%10ccccc%109)c8)cc7)cc6)cc5)ccc43)c2)cc1. The summed E-state index contributed by atoms with van der Waals surface area (Å²) in [6.45, 7) is 0. The number of nitrogens with zero attached hydrogens (tertiary/aromatic N) is 2. The Balaban J connectivity index is 0.642. The van der Waals surface area contributed by atoms with Gasteiger partial charge in [-0.3, -0.25) is 0 Å². The van der Waals surface area contributed by atoms with E-state index in [9.17, 15) is 0 Å². The van der Waals surface area contributed by atoms with Crippen LogP contribution >= 0.6 is 0 Å². The van der Waals surface area contributed by atoms with Gasteiger partial charge < -0.3 is 9.13 Å². The van der Waals surface area contributed by atoms with Gasteiger partial charge in [-0.05, 0) is 167 Å². The van der Waals surface area contributed by atoms with Gasteiger partial charge in [0.1, 0.15) is 0 Å². The molecule has 87 heavy (non-hydrogen) atoms. The van der Waals surface area contributed by atoms with Crippen molar-refractivity contribution in [3.05, 3.63) is 362 Å². The minimum absolute atomic E-state index is 0.481. The zero-order chi connectivity index (χ0) is 57.4. The molecule has 0 saturated carbocycles. The van der Waals surface area contributed by atoms with Crippen LogP contribution in [0.1, 0.15) is 22.3 Å². The van der Waals surface area contributed by atoms with Crippen molar-refractivity contribution in [2.45, 2.75) is 5.41 Å². The Morgan fingerprint density at radius 2 is 0.529 bits per heavy atom. The molecule has 0 fully saturated rings. The third kappa shape index (κ3) is 8.17. The predicted octanol–water partition coefficient (Wildman–Crippen LogP) is 22.2. The van der Waals surface area contributed by atoms with Gasteiger partial charge in [0, 0.05) is 32.9 Å². The highest BCUT2D eigenvalue weighted by Gasteiger charge is 2.47. The molecule has 0 N–H and O–H groups in total. The van der Waals surface area contributed by atoms with E-state index in [4.69, 9.17) is 0 Å². The minimum Gasteiger partial charge on any atom is -0.309 e. The Labute approximate surface area is 506 Å². The summed E-state index contributed by atoms with van der Waals surface area (Å²) in [5.41, 5.74) is 28.7. The van der Waals surface area contributed by atoms with Crippen LogP contribution in [-0.2, 0) is 5.41 Å². The molecule has 2 nitrogen and oxygen atoms in total. The molecular formula is C85H56N2. The van der Waals surface area contributed by atoms with Crippen LogP contribution in [0.5, 0.6) is 0 Å². The first-order chi connectivity index (χ1) is 43.1. The first-order valence-electron chi connectivity index (χ1n) is 30.1. The fourth-order valence-corrected chi connectivity index (χ4v) is 14.4. The molecule has 1 aliphatic carbocycles. The molecule has 0 atom stereocenters. The Morgan fingerprint density at radius 1 is 0.184 bits per heavy atom. The van der Waals surface area contributed by atoms with Crippen molar-refractivity contribution >= 4 is 43.6 Å². The third-order valence-electron chi connectivity index (χ3n) is 18.4. The van der Waals surface area contributed by atoms with Gasteiger partial charge in [-0.1, -0.05) is 273 Å². The molecule has 2 heteroatoms. The molecule has 1 aliphatic rings. The number of benzene rings is 14. The summed E-state index contributed by atoms with van der Waals surface area (Å²) >= 11 is 0. The summed E-state index contributed by atoms with van der Waals surface area (Å²) in [5, 5.41) is 4.96. The molecule has 0 bridgehead atoms. The van der Waals surface area contributed by atoms with E-state index in [1.54, 1.807) is 0 Å². The second kappa shape index (κ2) is 20.5. The van der Waals surface area contributed by atoms with Crippen molar-refractivity contribution in [2.75, 3.05) is 0 Å². The number of fused-ring (bicyclic) bond motifs is 9. The second-order valence-electron chi connectivity index (χ2n) is 23.1. The summed E-state index contributed by atoms with van der Waals surface area (Å²) in [4.78, 5) is 0.